The first-order chi connectivity index (χ1) is 11.9. The molecule has 130 valence electrons. The number of carbonyl (C=O) groups is 1. The Morgan fingerprint density at radius 2 is 2.16 bits per heavy atom. The van der Waals surface area contributed by atoms with Gasteiger partial charge in [0.15, 0.2) is 11.4 Å². The van der Waals surface area contributed by atoms with Crippen LogP contribution in [0.5, 0.6) is 5.75 Å². The maximum Gasteiger partial charge on any atom is 0.360 e. The van der Waals surface area contributed by atoms with Gasteiger partial charge in [0.1, 0.15) is 10.4 Å². The molecule has 0 aliphatic carbocycles. The molecule has 8 heteroatoms. The lowest BCUT2D eigenvalue weighted by atomic mass is 10.2. The number of nitrogens with zero attached hydrogens (tertiary/aromatic N) is 2. The maximum absolute atomic E-state index is 13.4. The first kappa shape index (κ1) is 17.9. The lowest BCUT2D eigenvalue weighted by Crippen LogP contribution is -2.08. The molecule has 2 heterocycles. The highest BCUT2D eigenvalue weighted by Gasteiger charge is 2.23. The van der Waals surface area contributed by atoms with Crippen molar-refractivity contribution in [3.8, 4) is 5.75 Å². The zero-order valence-corrected chi connectivity index (χ0v) is 16.3. The third-order valence-corrected chi connectivity index (χ3v) is 5.79. The van der Waals surface area contributed by atoms with Crippen molar-refractivity contribution in [1.82, 2.24) is 9.55 Å². The Bertz CT molecular complexity index is 972. The number of hydrogen-bond donors (Lipinski definition) is 1. The normalized spacial score (nSPS) is 11.0. The number of aromatic hydroxyl groups is 1. The standard InChI is InChI=1S/C17H13Br2FN2O3/c1-2-25-17(24)14-15(23)12-11(7-21-14)22(16(19)13(12)18)8-9-4-3-5-10(20)6-9/h3-7,23H,2,8H2,1H3. The van der Waals surface area contributed by atoms with Crippen molar-refractivity contribution in [2.45, 2.75) is 13.5 Å². The Morgan fingerprint density at radius 3 is 2.84 bits per heavy atom. The molecule has 0 amide bonds. The van der Waals surface area contributed by atoms with Gasteiger partial charge in [-0.3, -0.25) is 0 Å². The summed E-state index contributed by atoms with van der Waals surface area (Å²) in [5, 5.41) is 10.9. The Balaban J connectivity index is 2.13. The highest BCUT2D eigenvalue weighted by molar-refractivity contribution is 9.13. The third kappa shape index (κ3) is 3.28. The number of ether oxygens (including phenoxy) is 1. The summed E-state index contributed by atoms with van der Waals surface area (Å²) in [6.07, 6.45) is 1.48. The van der Waals surface area contributed by atoms with Crippen molar-refractivity contribution in [3.63, 3.8) is 0 Å². The quantitative estimate of drug-likeness (QED) is 0.563. The topological polar surface area (TPSA) is 64.3 Å². The van der Waals surface area contributed by atoms with E-state index in [9.17, 15) is 14.3 Å². The molecule has 0 bridgehead atoms. The molecule has 0 radical (unpaired) electrons. The van der Waals surface area contributed by atoms with E-state index in [0.29, 0.717) is 26.5 Å². The molecule has 1 N–H and O–H groups in total. The van der Waals surface area contributed by atoms with Gasteiger partial charge in [-0.05, 0) is 56.5 Å². The predicted molar refractivity (Wildman–Crippen MR) is 98.3 cm³/mol. The largest absolute Gasteiger partial charge is 0.505 e. The average Bonchev–Trinajstić information content (AvgIpc) is 2.81. The van der Waals surface area contributed by atoms with Crippen LogP contribution in [0.15, 0.2) is 39.5 Å². The van der Waals surface area contributed by atoms with Crippen LogP contribution in [0.4, 0.5) is 4.39 Å². The van der Waals surface area contributed by atoms with Gasteiger partial charge in [0.25, 0.3) is 0 Å². The summed E-state index contributed by atoms with van der Waals surface area (Å²) in [4.78, 5) is 16.0. The fourth-order valence-electron chi connectivity index (χ4n) is 2.56. The summed E-state index contributed by atoms with van der Waals surface area (Å²) < 4.78 is 21.4. The van der Waals surface area contributed by atoms with Crippen LogP contribution >= 0.6 is 31.9 Å². The van der Waals surface area contributed by atoms with Gasteiger partial charge in [0.05, 0.1) is 28.2 Å². The van der Waals surface area contributed by atoms with Gasteiger partial charge in [0, 0.05) is 6.54 Å². The Kier molecular flexibility index (Phi) is 5.10. The Morgan fingerprint density at radius 1 is 1.40 bits per heavy atom. The lowest BCUT2D eigenvalue weighted by Gasteiger charge is -2.09. The van der Waals surface area contributed by atoms with Crippen molar-refractivity contribution in [2.24, 2.45) is 0 Å². The number of rotatable bonds is 4. The molecule has 25 heavy (non-hydrogen) atoms. The number of carbonyl (C=O) groups excluding carboxylic acids is 1. The van der Waals surface area contributed by atoms with E-state index in [1.54, 1.807) is 19.1 Å². The van der Waals surface area contributed by atoms with Crippen molar-refractivity contribution in [2.75, 3.05) is 6.61 Å². The second kappa shape index (κ2) is 7.13. The van der Waals surface area contributed by atoms with E-state index in [1.165, 1.54) is 18.3 Å². The molecule has 2 aromatic heterocycles. The number of esters is 1. The lowest BCUT2D eigenvalue weighted by molar-refractivity contribution is 0.0516. The first-order valence-electron chi connectivity index (χ1n) is 7.40. The van der Waals surface area contributed by atoms with E-state index in [4.69, 9.17) is 4.74 Å². The molecule has 0 atom stereocenters. The van der Waals surface area contributed by atoms with Crippen LogP contribution in [0.25, 0.3) is 10.9 Å². The smallest absolute Gasteiger partial charge is 0.360 e. The van der Waals surface area contributed by atoms with Crippen molar-refractivity contribution >= 4 is 48.7 Å². The maximum atomic E-state index is 13.4. The summed E-state index contributed by atoms with van der Waals surface area (Å²) in [6.45, 7) is 2.22. The highest BCUT2D eigenvalue weighted by Crippen LogP contribution is 2.41. The molecule has 1 aromatic carbocycles. The average molecular weight is 472 g/mol. The first-order valence-corrected chi connectivity index (χ1v) is 8.99. The fraction of sp³-hybridized carbons (Fsp3) is 0.176. The van der Waals surface area contributed by atoms with Gasteiger partial charge >= 0.3 is 5.97 Å². The Labute approximate surface area is 159 Å². The summed E-state index contributed by atoms with van der Waals surface area (Å²) in [7, 11) is 0. The third-order valence-electron chi connectivity index (χ3n) is 3.66. The monoisotopic (exact) mass is 470 g/mol. The van der Waals surface area contributed by atoms with E-state index < -0.39 is 5.97 Å². The van der Waals surface area contributed by atoms with E-state index in [0.717, 1.165) is 5.56 Å². The molecule has 3 rings (SSSR count). The molecule has 0 fully saturated rings. The molecule has 0 saturated carbocycles. The second-order valence-corrected chi connectivity index (χ2v) is 6.80. The minimum atomic E-state index is -0.692. The van der Waals surface area contributed by atoms with Crippen LogP contribution in [-0.2, 0) is 11.3 Å². The van der Waals surface area contributed by atoms with Gasteiger partial charge in [0.2, 0.25) is 0 Å². The van der Waals surface area contributed by atoms with Crippen molar-refractivity contribution in [3.05, 3.63) is 56.6 Å². The number of pyridine rings is 1. The van der Waals surface area contributed by atoms with Crippen molar-refractivity contribution < 1.29 is 19.0 Å². The minimum absolute atomic E-state index is 0.148. The van der Waals surface area contributed by atoms with Crippen LogP contribution in [0.2, 0.25) is 0 Å². The summed E-state index contributed by atoms with van der Waals surface area (Å²) in [5.41, 5.74) is 1.19. The number of aromatic nitrogens is 2. The van der Waals surface area contributed by atoms with Crippen LogP contribution in [0.1, 0.15) is 23.0 Å². The van der Waals surface area contributed by atoms with E-state index in [2.05, 4.69) is 36.8 Å². The molecule has 0 saturated heterocycles. The van der Waals surface area contributed by atoms with Crippen LogP contribution in [-0.4, -0.2) is 27.2 Å². The molecule has 0 aliphatic rings. The van der Waals surface area contributed by atoms with Gasteiger partial charge in [-0.15, -0.1) is 0 Å². The van der Waals surface area contributed by atoms with E-state index >= 15 is 0 Å². The van der Waals surface area contributed by atoms with Gasteiger partial charge in [-0.2, -0.15) is 0 Å². The summed E-state index contributed by atoms with van der Waals surface area (Å²) >= 11 is 6.88. The Hall–Kier alpha value is -1.93. The molecule has 0 spiro atoms. The molecular formula is C17H13Br2FN2O3. The number of fused-ring (bicyclic) bond motifs is 1. The van der Waals surface area contributed by atoms with Gasteiger partial charge in [-0.25, -0.2) is 14.2 Å². The molecular weight excluding hydrogens is 459 g/mol. The predicted octanol–water partition coefficient (Wildman–Crippen LogP) is 4.63. The van der Waals surface area contributed by atoms with Gasteiger partial charge in [-0.1, -0.05) is 12.1 Å². The molecule has 3 aromatic rings. The van der Waals surface area contributed by atoms with Crippen LogP contribution in [0, 0.1) is 5.82 Å². The van der Waals surface area contributed by atoms with E-state index in [-0.39, 0.29) is 23.9 Å². The van der Waals surface area contributed by atoms with Crippen molar-refractivity contribution in [1.29, 1.82) is 0 Å². The van der Waals surface area contributed by atoms with Crippen LogP contribution in [0.3, 0.4) is 0 Å². The zero-order valence-electron chi connectivity index (χ0n) is 13.1. The molecule has 0 unspecified atom stereocenters. The molecule has 5 nitrogen and oxygen atoms in total. The highest BCUT2D eigenvalue weighted by atomic mass is 79.9. The summed E-state index contributed by atoms with van der Waals surface area (Å²) in [6, 6.07) is 6.25. The fourth-order valence-corrected chi connectivity index (χ4v) is 3.68. The SMILES string of the molecule is CCOC(=O)c1ncc2c(c1O)c(Br)c(Br)n2Cc1cccc(F)c1. The number of benzene rings is 1. The van der Waals surface area contributed by atoms with Crippen LogP contribution < -0.4 is 0 Å². The summed E-state index contributed by atoms with van der Waals surface area (Å²) in [5.74, 6) is -1.28. The van der Waals surface area contributed by atoms with E-state index in [1.807, 2.05) is 4.57 Å². The number of hydrogen-bond acceptors (Lipinski definition) is 4. The zero-order chi connectivity index (χ0) is 18.1. The molecule has 0 aliphatic heterocycles. The number of halogens is 3. The minimum Gasteiger partial charge on any atom is -0.505 e. The second-order valence-electron chi connectivity index (χ2n) is 5.26. The van der Waals surface area contributed by atoms with Gasteiger partial charge < -0.3 is 14.4 Å².